The molecule has 0 N–H and O–H groups in total. The van der Waals surface area contributed by atoms with E-state index in [2.05, 4.69) is 45.4 Å². The van der Waals surface area contributed by atoms with Crippen LogP contribution in [-0.4, -0.2) is 0 Å². The minimum absolute atomic E-state index is 0.826. The van der Waals surface area contributed by atoms with E-state index in [9.17, 15) is 0 Å². The first-order valence-electron chi connectivity index (χ1n) is 4.69. The second kappa shape index (κ2) is 6.23. The minimum atomic E-state index is -0.826. The van der Waals surface area contributed by atoms with Crippen molar-refractivity contribution in [2.45, 2.75) is 20.8 Å². The van der Waals surface area contributed by atoms with Crippen LogP contribution in [0.15, 0.2) is 17.7 Å². The second-order valence-electron chi connectivity index (χ2n) is 3.67. The van der Waals surface area contributed by atoms with Crippen molar-refractivity contribution in [1.29, 1.82) is 0 Å². The van der Waals surface area contributed by atoms with E-state index in [0.29, 0.717) is 0 Å². The third-order valence-corrected chi connectivity index (χ3v) is 2.47. The molecule has 0 aliphatic heterocycles. The number of halogens is 2. The van der Waals surface area contributed by atoms with Gasteiger partial charge < -0.3 is 0 Å². The summed E-state index contributed by atoms with van der Waals surface area (Å²) in [5, 5.41) is 0. The second-order valence-corrected chi connectivity index (χ2v) is 7.40. The number of allylic oxidation sites excluding steroid dienone is 1. The first kappa shape index (κ1) is 13.5. The van der Waals surface area contributed by atoms with Crippen LogP contribution >= 0.6 is 17.0 Å². The molecular formula is C12H13Cl2Zr. The SMILES string of the molecule is CC1=Cc2cc(C)c(C)cc2[CH]1.[Cl][Zr][Cl]. The maximum atomic E-state index is 4.93. The van der Waals surface area contributed by atoms with Crippen molar-refractivity contribution < 1.29 is 20.8 Å². The summed E-state index contributed by atoms with van der Waals surface area (Å²) in [6.45, 7) is 6.47. The van der Waals surface area contributed by atoms with Crippen LogP contribution in [0.3, 0.4) is 0 Å². The molecule has 0 heterocycles. The monoisotopic (exact) mass is 317 g/mol. The summed E-state index contributed by atoms with van der Waals surface area (Å²) in [4.78, 5) is 0. The molecule has 0 spiro atoms. The van der Waals surface area contributed by atoms with Gasteiger partial charge in [0.25, 0.3) is 0 Å². The van der Waals surface area contributed by atoms with E-state index < -0.39 is 20.8 Å². The molecule has 0 bridgehead atoms. The van der Waals surface area contributed by atoms with E-state index in [1.54, 1.807) is 0 Å². The van der Waals surface area contributed by atoms with Crippen LogP contribution in [0.5, 0.6) is 0 Å². The Morgan fingerprint density at radius 3 is 1.93 bits per heavy atom. The van der Waals surface area contributed by atoms with Gasteiger partial charge in [0.2, 0.25) is 0 Å². The predicted molar refractivity (Wildman–Crippen MR) is 64.7 cm³/mol. The van der Waals surface area contributed by atoms with E-state index in [0.717, 1.165) is 0 Å². The number of hydrogen-bond donors (Lipinski definition) is 0. The van der Waals surface area contributed by atoms with E-state index in [-0.39, 0.29) is 0 Å². The zero-order chi connectivity index (χ0) is 11.4. The fourth-order valence-electron chi connectivity index (χ4n) is 1.64. The van der Waals surface area contributed by atoms with Gasteiger partial charge >= 0.3 is 37.9 Å². The quantitative estimate of drug-likeness (QED) is 0.653. The van der Waals surface area contributed by atoms with Gasteiger partial charge in [-0.1, -0.05) is 23.8 Å². The summed E-state index contributed by atoms with van der Waals surface area (Å²) in [6.07, 6.45) is 4.48. The summed E-state index contributed by atoms with van der Waals surface area (Å²) in [7, 11) is 9.87. The van der Waals surface area contributed by atoms with Crippen LogP contribution in [0.4, 0.5) is 0 Å². The van der Waals surface area contributed by atoms with Gasteiger partial charge in [0.1, 0.15) is 0 Å². The van der Waals surface area contributed by atoms with Crippen molar-refractivity contribution in [1.82, 2.24) is 0 Å². The Kier molecular flexibility index (Phi) is 5.60. The fraction of sp³-hybridized carbons (Fsp3) is 0.250. The number of benzene rings is 1. The topological polar surface area (TPSA) is 0 Å². The van der Waals surface area contributed by atoms with Crippen molar-refractivity contribution in [3.63, 3.8) is 0 Å². The third-order valence-electron chi connectivity index (χ3n) is 2.47. The Morgan fingerprint density at radius 1 is 0.933 bits per heavy atom. The summed E-state index contributed by atoms with van der Waals surface area (Å²) in [5.41, 5.74) is 6.86. The van der Waals surface area contributed by atoms with Crippen molar-refractivity contribution in [3.8, 4) is 0 Å². The standard InChI is InChI=1S/C12H13.2ClH.Zr/c1-8-4-11-6-9(2)10(3)7-12(11)5-8;;;/h4-7H,1-3H3;2*1H;/q;;;+2/p-2. The third kappa shape index (κ3) is 3.73. The molecule has 3 heteroatoms. The van der Waals surface area contributed by atoms with Crippen LogP contribution in [0, 0.1) is 20.3 Å². The summed E-state index contributed by atoms with van der Waals surface area (Å²) in [5.74, 6) is 0. The fourth-order valence-corrected chi connectivity index (χ4v) is 1.64. The van der Waals surface area contributed by atoms with Gasteiger partial charge in [-0.05, 0) is 43.0 Å². The Morgan fingerprint density at radius 2 is 1.40 bits per heavy atom. The zero-order valence-corrected chi connectivity index (χ0v) is 13.0. The summed E-state index contributed by atoms with van der Waals surface area (Å²) < 4.78 is 0. The molecule has 0 saturated heterocycles. The molecule has 15 heavy (non-hydrogen) atoms. The van der Waals surface area contributed by atoms with Crippen molar-refractivity contribution in [3.05, 3.63) is 46.4 Å². The van der Waals surface area contributed by atoms with Crippen LogP contribution in [0.2, 0.25) is 0 Å². The van der Waals surface area contributed by atoms with Gasteiger partial charge in [0, 0.05) is 6.42 Å². The number of fused-ring (bicyclic) bond motifs is 1. The van der Waals surface area contributed by atoms with Gasteiger partial charge in [0.05, 0.1) is 0 Å². The molecule has 2 rings (SSSR count). The van der Waals surface area contributed by atoms with Crippen LogP contribution in [0.1, 0.15) is 29.2 Å². The van der Waals surface area contributed by atoms with Crippen LogP contribution in [0.25, 0.3) is 6.08 Å². The molecule has 0 atom stereocenters. The Bertz CT molecular complexity index is 383. The molecule has 0 unspecified atom stereocenters. The first-order chi connectivity index (χ1) is 7.08. The van der Waals surface area contributed by atoms with Gasteiger partial charge in [-0.25, -0.2) is 0 Å². The molecule has 0 amide bonds. The van der Waals surface area contributed by atoms with Crippen LogP contribution < -0.4 is 0 Å². The molecule has 1 aliphatic rings. The molecule has 0 saturated carbocycles. The summed E-state index contributed by atoms with van der Waals surface area (Å²) >= 11 is -0.826. The molecule has 1 radical (unpaired) electrons. The van der Waals surface area contributed by atoms with Gasteiger partial charge in [0.15, 0.2) is 0 Å². The molecule has 1 aliphatic carbocycles. The number of rotatable bonds is 0. The van der Waals surface area contributed by atoms with Crippen LogP contribution in [-0.2, 0) is 20.8 Å². The van der Waals surface area contributed by atoms with E-state index in [4.69, 9.17) is 17.0 Å². The molecular weight excluding hydrogens is 306 g/mol. The number of hydrogen-bond acceptors (Lipinski definition) is 0. The Hall–Kier alpha value is 0.423. The average Bonchev–Trinajstić information content (AvgIpc) is 2.47. The maximum absolute atomic E-state index is 4.93. The van der Waals surface area contributed by atoms with E-state index in [1.807, 2.05) is 0 Å². The number of aryl methyl sites for hydroxylation is 2. The summed E-state index contributed by atoms with van der Waals surface area (Å²) in [6, 6.07) is 4.52. The molecule has 1 aromatic rings. The van der Waals surface area contributed by atoms with E-state index in [1.165, 1.54) is 27.8 Å². The average molecular weight is 319 g/mol. The van der Waals surface area contributed by atoms with Gasteiger partial charge in [-0.15, -0.1) is 0 Å². The normalized spacial score (nSPS) is 12.5. The molecule has 0 nitrogen and oxygen atoms in total. The zero-order valence-electron chi connectivity index (χ0n) is 9.07. The van der Waals surface area contributed by atoms with Crippen molar-refractivity contribution >= 4 is 23.1 Å². The molecule has 0 aromatic heterocycles. The van der Waals surface area contributed by atoms with Crippen molar-refractivity contribution in [2.75, 3.05) is 0 Å². The van der Waals surface area contributed by atoms with Gasteiger partial charge in [-0.2, -0.15) is 0 Å². The van der Waals surface area contributed by atoms with Gasteiger partial charge in [-0.3, -0.25) is 0 Å². The molecule has 1 aromatic carbocycles. The molecule has 79 valence electrons. The first-order valence-corrected chi connectivity index (χ1v) is 11.0. The molecule has 0 fully saturated rings. The predicted octanol–water partition coefficient (Wildman–Crippen LogP) is 4.65. The Balaban J connectivity index is 0.000000337. The van der Waals surface area contributed by atoms with E-state index >= 15 is 0 Å². The Labute approximate surface area is 110 Å². The van der Waals surface area contributed by atoms with Crippen molar-refractivity contribution in [2.24, 2.45) is 0 Å².